The second-order valence-corrected chi connectivity index (χ2v) is 6.23. The first-order chi connectivity index (χ1) is 12.7. The molecule has 1 saturated heterocycles. The Hall–Kier alpha value is -2.89. The van der Waals surface area contributed by atoms with Gasteiger partial charge in [-0.25, -0.2) is 0 Å². The Kier molecular flexibility index (Phi) is 5.84. The highest BCUT2D eigenvalue weighted by Crippen LogP contribution is 2.17. The van der Waals surface area contributed by atoms with E-state index in [1.165, 1.54) is 0 Å². The van der Waals surface area contributed by atoms with Crippen molar-refractivity contribution < 1.29 is 14.3 Å². The van der Waals surface area contributed by atoms with Gasteiger partial charge in [0.25, 0.3) is 11.8 Å². The second kappa shape index (κ2) is 8.47. The Bertz CT molecular complexity index is 739. The van der Waals surface area contributed by atoms with Crippen LogP contribution in [0.1, 0.15) is 40.5 Å². The average molecular weight is 353 g/mol. The summed E-state index contributed by atoms with van der Waals surface area (Å²) < 4.78 is 5.40. The molecule has 0 bridgehead atoms. The molecule has 0 radical (unpaired) electrons. The predicted octanol–water partition coefficient (Wildman–Crippen LogP) is 2.51. The Morgan fingerprint density at radius 1 is 1.08 bits per heavy atom. The Labute approximate surface area is 153 Å². The van der Waals surface area contributed by atoms with Gasteiger partial charge in [-0.2, -0.15) is 0 Å². The molecule has 0 atom stereocenters. The Morgan fingerprint density at radius 3 is 2.35 bits per heavy atom. The van der Waals surface area contributed by atoms with E-state index in [1.54, 1.807) is 36.7 Å². The van der Waals surface area contributed by atoms with Gasteiger partial charge in [-0.05, 0) is 56.2 Å². The number of pyridine rings is 1. The summed E-state index contributed by atoms with van der Waals surface area (Å²) in [5, 5.41) is 3.03. The number of carbonyl (C=O) groups excluding carboxylic acids is 2. The Morgan fingerprint density at radius 2 is 1.73 bits per heavy atom. The molecule has 2 aromatic rings. The van der Waals surface area contributed by atoms with Gasteiger partial charge in [0.2, 0.25) is 0 Å². The molecule has 1 N–H and O–H groups in total. The maximum absolute atomic E-state index is 12.6. The monoisotopic (exact) mass is 353 g/mol. The van der Waals surface area contributed by atoms with E-state index in [9.17, 15) is 9.59 Å². The molecular formula is C20H23N3O3. The zero-order chi connectivity index (χ0) is 18.4. The lowest BCUT2D eigenvalue weighted by Gasteiger charge is -2.32. The van der Waals surface area contributed by atoms with Crippen molar-refractivity contribution in [1.29, 1.82) is 0 Å². The number of aromatic nitrogens is 1. The van der Waals surface area contributed by atoms with Gasteiger partial charge in [-0.1, -0.05) is 0 Å². The minimum atomic E-state index is -0.0938. The molecule has 0 unspecified atom stereocenters. The molecule has 6 nitrogen and oxygen atoms in total. The van der Waals surface area contributed by atoms with Gasteiger partial charge in [0.1, 0.15) is 5.75 Å². The lowest BCUT2D eigenvalue weighted by Crippen LogP contribution is -2.46. The first-order valence-electron chi connectivity index (χ1n) is 8.90. The van der Waals surface area contributed by atoms with Gasteiger partial charge in [-0.3, -0.25) is 14.6 Å². The molecule has 3 rings (SSSR count). The van der Waals surface area contributed by atoms with Gasteiger partial charge in [-0.15, -0.1) is 0 Å². The van der Waals surface area contributed by atoms with Crippen LogP contribution in [0.2, 0.25) is 0 Å². The number of amides is 2. The maximum Gasteiger partial charge on any atom is 0.253 e. The van der Waals surface area contributed by atoms with Crippen LogP contribution in [-0.2, 0) is 0 Å². The van der Waals surface area contributed by atoms with E-state index in [0.29, 0.717) is 30.8 Å². The van der Waals surface area contributed by atoms with Crippen LogP contribution in [0.25, 0.3) is 0 Å². The van der Waals surface area contributed by atoms with Crippen molar-refractivity contribution in [2.45, 2.75) is 25.8 Å². The molecule has 1 aromatic carbocycles. The predicted molar refractivity (Wildman–Crippen MR) is 98.2 cm³/mol. The quantitative estimate of drug-likeness (QED) is 0.897. The number of nitrogens with one attached hydrogen (secondary N) is 1. The third-order valence-corrected chi connectivity index (χ3v) is 4.47. The number of nitrogens with zero attached hydrogens (tertiary/aromatic N) is 2. The lowest BCUT2D eigenvalue weighted by molar-refractivity contribution is 0.0698. The van der Waals surface area contributed by atoms with Crippen molar-refractivity contribution in [2.24, 2.45) is 0 Å². The van der Waals surface area contributed by atoms with Gasteiger partial charge >= 0.3 is 0 Å². The molecule has 1 aliphatic heterocycles. The number of likely N-dealkylation sites (tertiary alicyclic amines) is 1. The third kappa shape index (κ3) is 4.39. The van der Waals surface area contributed by atoms with E-state index in [4.69, 9.17) is 4.74 Å². The SMILES string of the molecule is CCOc1ccc(C(=O)N2CCC(NC(=O)c3ccncc3)CC2)cc1. The highest BCUT2D eigenvalue weighted by atomic mass is 16.5. The first kappa shape index (κ1) is 17.9. The summed E-state index contributed by atoms with van der Waals surface area (Å²) in [5.74, 6) is 0.692. The van der Waals surface area contributed by atoms with Crippen LogP contribution in [0.15, 0.2) is 48.8 Å². The number of rotatable bonds is 5. The van der Waals surface area contributed by atoms with Gasteiger partial charge in [0.15, 0.2) is 0 Å². The lowest BCUT2D eigenvalue weighted by atomic mass is 10.0. The zero-order valence-corrected chi connectivity index (χ0v) is 14.9. The van der Waals surface area contributed by atoms with E-state index >= 15 is 0 Å². The maximum atomic E-state index is 12.6. The first-order valence-corrected chi connectivity index (χ1v) is 8.90. The molecule has 1 aliphatic rings. The largest absolute Gasteiger partial charge is 0.494 e. The minimum absolute atomic E-state index is 0.0203. The van der Waals surface area contributed by atoms with E-state index in [-0.39, 0.29) is 17.9 Å². The summed E-state index contributed by atoms with van der Waals surface area (Å²) in [6.07, 6.45) is 4.71. The van der Waals surface area contributed by atoms with Crippen molar-refractivity contribution in [3.05, 3.63) is 59.9 Å². The van der Waals surface area contributed by atoms with Crippen LogP contribution in [0, 0.1) is 0 Å². The smallest absolute Gasteiger partial charge is 0.253 e. The van der Waals surface area contributed by atoms with Crippen molar-refractivity contribution in [2.75, 3.05) is 19.7 Å². The number of hydrogen-bond donors (Lipinski definition) is 1. The van der Waals surface area contributed by atoms with Crippen LogP contribution in [0.5, 0.6) is 5.75 Å². The molecule has 26 heavy (non-hydrogen) atoms. The van der Waals surface area contributed by atoms with E-state index < -0.39 is 0 Å². The fraction of sp³-hybridized carbons (Fsp3) is 0.350. The summed E-state index contributed by atoms with van der Waals surface area (Å²) in [6, 6.07) is 10.7. The van der Waals surface area contributed by atoms with Crippen molar-refractivity contribution in [3.63, 3.8) is 0 Å². The molecule has 136 valence electrons. The third-order valence-electron chi connectivity index (χ3n) is 4.47. The van der Waals surface area contributed by atoms with Crippen molar-refractivity contribution >= 4 is 11.8 Å². The molecule has 1 aromatic heterocycles. The van der Waals surface area contributed by atoms with Crippen LogP contribution < -0.4 is 10.1 Å². The van der Waals surface area contributed by atoms with Gasteiger partial charge in [0.05, 0.1) is 6.61 Å². The molecule has 2 amide bonds. The van der Waals surface area contributed by atoms with Crippen molar-refractivity contribution in [1.82, 2.24) is 15.2 Å². The van der Waals surface area contributed by atoms with E-state index in [0.717, 1.165) is 18.6 Å². The number of benzene rings is 1. The fourth-order valence-corrected chi connectivity index (χ4v) is 3.04. The van der Waals surface area contributed by atoms with Gasteiger partial charge < -0.3 is 15.0 Å². The standard InChI is InChI=1S/C20H23N3O3/c1-2-26-18-5-3-16(4-6-18)20(25)23-13-9-17(10-14-23)22-19(24)15-7-11-21-12-8-15/h3-8,11-12,17H,2,9-10,13-14H2,1H3,(H,22,24). The topological polar surface area (TPSA) is 71.5 Å². The highest BCUT2D eigenvalue weighted by Gasteiger charge is 2.24. The summed E-state index contributed by atoms with van der Waals surface area (Å²) in [4.78, 5) is 30.6. The molecule has 2 heterocycles. The van der Waals surface area contributed by atoms with Crippen LogP contribution >= 0.6 is 0 Å². The minimum Gasteiger partial charge on any atom is -0.494 e. The van der Waals surface area contributed by atoms with Crippen LogP contribution in [0.3, 0.4) is 0 Å². The van der Waals surface area contributed by atoms with Crippen LogP contribution in [0.4, 0.5) is 0 Å². The number of carbonyl (C=O) groups is 2. The van der Waals surface area contributed by atoms with Crippen LogP contribution in [-0.4, -0.2) is 47.4 Å². The summed E-state index contributed by atoms with van der Waals surface area (Å²) >= 11 is 0. The average Bonchev–Trinajstić information content (AvgIpc) is 2.69. The van der Waals surface area contributed by atoms with Gasteiger partial charge in [0, 0.05) is 42.7 Å². The normalized spacial score (nSPS) is 14.7. The number of ether oxygens (including phenoxy) is 1. The van der Waals surface area contributed by atoms with E-state index in [2.05, 4.69) is 10.3 Å². The molecule has 0 spiro atoms. The molecule has 0 saturated carbocycles. The molecule has 1 fully saturated rings. The number of hydrogen-bond acceptors (Lipinski definition) is 4. The summed E-state index contributed by atoms with van der Waals surface area (Å²) in [7, 11) is 0. The molecule has 6 heteroatoms. The zero-order valence-electron chi connectivity index (χ0n) is 14.9. The fourth-order valence-electron chi connectivity index (χ4n) is 3.04. The Balaban J connectivity index is 1.51. The molecular weight excluding hydrogens is 330 g/mol. The molecule has 0 aliphatic carbocycles. The highest BCUT2D eigenvalue weighted by molar-refractivity contribution is 5.95. The second-order valence-electron chi connectivity index (χ2n) is 6.23. The number of piperidine rings is 1. The van der Waals surface area contributed by atoms with E-state index in [1.807, 2.05) is 24.0 Å². The summed E-state index contributed by atoms with van der Waals surface area (Å²) in [6.45, 7) is 3.80. The van der Waals surface area contributed by atoms with Crippen molar-refractivity contribution in [3.8, 4) is 5.75 Å². The summed E-state index contributed by atoms with van der Waals surface area (Å²) in [5.41, 5.74) is 1.26.